The summed E-state index contributed by atoms with van der Waals surface area (Å²) in [5, 5.41) is 17.5. The van der Waals surface area contributed by atoms with Crippen molar-refractivity contribution in [1.29, 1.82) is 0 Å². The number of aromatic nitrogens is 4. The molecule has 3 aromatic rings. The van der Waals surface area contributed by atoms with Gasteiger partial charge in [0.05, 0.1) is 5.56 Å². The maximum Gasteiger partial charge on any atom is 0.252 e. The van der Waals surface area contributed by atoms with Crippen molar-refractivity contribution in [3.8, 4) is 0 Å². The van der Waals surface area contributed by atoms with Crippen LogP contribution in [0.25, 0.3) is 5.65 Å². The van der Waals surface area contributed by atoms with Gasteiger partial charge in [0.15, 0.2) is 17.4 Å². The number of halogens is 1. The topological polar surface area (TPSA) is 109 Å². The van der Waals surface area contributed by atoms with E-state index in [1.54, 1.807) is 18.3 Å². The summed E-state index contributed by atoms with van der Waals surface area (Å²) in [6.07, 6.45) is 5.09. The zero-order valence-electron chi connectivity index (χ0n) is 15.5. The molecule has 9 nitrogen and oxygen atoms in total. The SMILES string of the molecule is CCNC(=NCc1nnc2ccccn12)NCCNC(=O)c1cccnc1.I. The Balaban J connectivity index is 0.00000280. The lowest BCUT2D eigenvalue weighted by molar-refractivity contribution is 0.0954. The van der Waals surface area contributed by atoms with Crippen LogP contribution in [0.5, 0.6) is 0 Å². The normalized spacial score (nSPS) is 11.0. The predicted molar refractivity (Wildman–Crippen MR) is 118 cm³/mol. The fourth-order valence-corrected chi connectivity index (χ4v) is 2.45. The third-order valence-corrected chi connectivity index (χ3v) is 3.73. The Kier molecular flexibility index (Phi) is 8.59. The number of amides is 1. The Morgan fingerprint density at radius 1 is 1.11 bits per heavy atom. The highest BCUT2D eigenvalue weighted by Gasteiger charge is 2.06. The van der Waals surface area contributed by atoms with E-state index in [1.807, 2.05) is 35.7 Å². The monoisotopic (exact) mass is 494 g/mol. The molecule has 10 heteroatoms. The summed E-state index contributed by atoms with van der Waals surface area (Å²) in [6, 6.07) is 9.20. The van der Waals surface area contributed by atoms with Crippen LogP contribution in [-0.4, -0.2) is 51.1 Å². The van der Waals surface area contributed by atoms with E-state index in [9.17, 15) is 4.79 Å². The highest BCUT2D eigenvalue weighted by Crippen LogP contribution is 2.03. The first-order chi connectivity index (χ1) is 13.3. The molecule has 148 valence electrons. The first-order valence-electron chi connectivity index (χ1n) is 8.77. The van der Waals surface area contributed by atoms with Crippen LogP contribution in [0.2, 0.25) is 0 Å². The molecule has 3 heterocycles. The van der Waals surface area contributed by atoms with Crippen LogP contribution in [0.1, 0.15) is 23.1 Å². The minimum Gasteiger partial charge on any atom is -0.357 e. The molecule has 0 aromatic carbocycles. The molecule has 0 saturated heterocycles. The fourth-order valence-electron chi connectivity index (χ4n) is 2.45. The van der Waals surface area contributed by atoms with E-state index < -0.39 is 0 Å². The van der Waals surface area contributed by atoms with Crippen LogP contribution in [0.4, 0.5) is 0 Å². The minimum absolute atomic E-state index is 0. The van der Waals surface area contributed by atoms with E-state index >= 15 is 0 Å². The number of nitrogens with one attached hydrogen (secondary N) is 3. The molecule has 0 radical (unpaired) electrons. The maximum absolute atomic E-state index is 12.0. The van der Waals surface area contributed by atoms with Crippen LogP contribution in [-0.2, 0) is 6.54 Å². The molecule has 0 unspecified atom stereocenters. The van der Waals surface area contributed by atoms with Crippen LogP contribution >= 0.6 is 24.0 Å². The van der Waals surface area contributed by atoms with Gasteiger partial charge < -0.3 is 16.0 Å². The lowest BCUT2D eigenvalue weighted by atomic mass is 10.3. The molecule has 3 aromatic heterocycles. The average molecular weight is 494 g/mol. The number of aliphatic imine (C=N–C) groups is 1. The summed E-state index contributed by atoms with van der Waals surface area (Å²) in [5.41, 5.74) is 1.33. The zero-order valence-corrected chi connectivity index (χ0v) is 17.8. The van der Waals surface area contributed by atoms with Gasteiger partial charge in [-0.25, -0.2) is 4.99 Å². The Bertz CT molecular complexity index is 912. The summed E-state index contributed by atoms with van der Waals surface area (Å²) >= 11 is 0. The van der Waals surface area contributed by atoms with Gasteiger partial charge >= 0.3 is 0 Å². The first kappa shape index (κ1) is 21.5. The van der Waals surface area contributed by atoms with Crippen molar-refractivity contribution in [2.24, 2.45) is 4.99 Å². The van der Waals surface area contributed by atoms with Gasteiger partial charge in [-0.2, -0.15) is 0 Å². The number of nitrogens with zero attached hydrogens (tertiary/aromatic N) is 5. The van der Waals surface area contributed by atoms with E-state index in [0.717, 1.165) is 18.0 Å². The number of guanidine groups is 1. The number of fused-ring (bicyclic) bond motifs is 1. The second-order valence-corrected chi connectivity index (χ2v) is 5.66. The van der Waals surface area contributed by atoms with E-state index in [4.69, 9.17) is 0 Å². The van der Waals surface area contributed by atoms with Gasteiger partial charge in [0.25, 0.3) is 5.91 Å². The number of hydrogen-bond donors (Lipinski definition) is 3. The van der Waals surface area contributed by atoms with Gasteiger partial charge in [-0.1, -0.05) is 6.07 Å². The van der Waals surface area contributed by atoms with E-state index in [0.29, 0.717) is 31.2 Å². The van der Waals surface area contributed by atoms with Crippen LogP contribution < -0.4 is 16.0 Å². The standard InChI is InChI=1S/C18H22N8O.HI/c1-2-20-18(22-10-9-21-17(27)14-6-5-8-19-12-14)23-13-16-25-24-15-7-3-4-11-26(15)16;/h3-8,11-12H,2,9-10,13H2,1H3,(H,21,27)(H2,20,22,23);1H. The summed E-state index contributed by atoms with van der Waals surface area (Å²) in [4.78, 5) is 20.4. The highest BCUT2D eigenvalue weighted by molar-refractivity contribution is 14.0. The molecule has 0 spiro atoms. The third-order valence-electron chi connectivity index (χ3n) is 3.73. The lowest BCUT2D eigenvalue weighted by Crippen LogP contribution is -2.41. The van der Waals surface area contributed by atoms with Crippen molar-refractivity contribution in [2.45, 2.75) is 13.5 Å². The molecule has 3 N–H and O–H groups in total. The zero-order chi connectivity index (χ0) is 18.9. The van der Waals surface area contributed by atoms with Crippen molar-refractivity contribution >= 4 is 41.5 Å². The number of carbonyl (C=O) groups is 1. The molecule has 3 rings (SSSR count). The molecule has 0 aliphatic rings. The van der Waals surface area contributed by atoms with Crippen molar-refractivity contribution < 1.29 is 4.79 Å². The van der Waals surface area contributed by atoms with Gasteiger partial charge in [0.1, 0.15) is 6.54 Å². The maximum atomic E-state index is 12.0. The minimum atomic E-state index is -0.151. The van der Waals surface area contributed by atoms with Crippen LogP contribution in [0.15, 0.2) is 53.9 Å². The summed E-state index contributed by atoms with van der Waals surface area (Å²) in [5.74, 6) is 1.26. The van der Waals surface area contributed by atoms with Crippen LogP contribution in [0, 0.1) is 0 Å². The Hall–Kier alpha value is -2.76. The number of rotatable bonds is 7. The van der Waals surface area contributed by atoms with E-state index in [2.05, 4.69) is 36.1 Å². The Morgan fingerprint density at radius 2 is 1.96 bits per heavy atom. The molecule has 0 saturated carbocycles. The summed E-state index contributed by atoms with van der Waals surface area (Å²) in [7, 11) is 0. The van der Waals surface area contributed by atoms with Crippen molar-refractivity contribution in [3.05, 3.63) is 60.3 Å². The smallest absolute Gasteiger partial charge is 0.252 e. The van der Waals surface area contributed by atoms with Crippen molar-refractivity contribution in [3.63, 3.8) is 0 Å². The van der Waals surface area contributed by atoms with Gasteiger partial charge in [-0.3, -0.25) is 14.2 Å². The van der Waals surface area contributed by atoms with E-state index in [1.165, 1.54) is 6.20 Å². The molecule has 0 fully saturated rings. The molecule has 0 aliphatic heterocycles. The summed E-state index contributed by atoms with van der Waals surface area (Å²) < 4.78 is 1.90. The fraction of sp³-hybridized carbons (Fsp3) is 0.278. The molecule has 28 heavy (non-hydrogen) atoms. The van der Waals surface area contributed by atoms with Gasteiger partial charge in [-0.05, 0) is 31.2 Å². The molecule has 0 bridgehead atoms. The average Bonchev–Trinajstić information content (AvgIpc) is 3.13. The highest BCUT2D eigenvalue weighted by atomic mass is 127. The summed E-state index contributed by atoms with van der Waals surface area (Å²) in [6.45, 7) is 4.12. The molecular formula is C18H23IN8O. The molecule has 0 aliphatic carbocycles. The second kappa shape index (κ2) is 11.2. The van der Waals surface area contributed by atoms with Gasteiger partial charge in [0, 0.05) is 38.2 Å². The number of pyridine rings is 2. The quantitative estimate of drug-likeness (QED) is 0.197. The Morgan fingerprint density at radius 3 is 2.75 bits per heavy atom. The largest absolute Gasteiger partial charge is 0.357 e. The van der Waals surface area contributed by atoms with Crippen LogP contribution in [0.3, 0.4) is 0 Å². The van der Waals surface area contributed by atoms with Gasteiger partial charge in [-0.15, -0.1) is 34.2 Å². The van der Waals surface area contributed by atoms with E-state index in [-0.39, 0.29) is 29.9 Å². The number of hydrogen-bond acceptors (Lipinski definition) is 5. The molecular weight excluding hydrogens is 471 g/mol. The van der Waals surface area contributed by atoms with Gasteiger partial charge in [0.2, 0.25) is 0 Å². The predicted octanol–water partition coefficient (Wildman–Crippen LogP) is 1.23. The third kappa shape index (κ3) is 5.87. The van der Waals surface area contributed by atoms with Crippen molar-refractivity contribution in [2.75, 3.05) is 19.6 Å². The van der Waals surface area contributed by atoms with Crippen molar-refractivity contribution in [1.82, 2.24) is 35.5 Å². The molecule has 1 amide bonds. The number of carbonyl (C=O) groups excluding carboxylic acids is 1. The lowest BCUT2D eigenvalue weighted by Gasteiger charge is -2.11. The Labute approximate surface area is 180 Å². The molecule has 0 atom stereocenters. The first-order valence-corrected chi connectivity index (χ1v) is 8.77. The second-order valence-electron chi connectivity index (χ2n) is 5.66.